The Kier molecular flexibility index (Phi) is 5.82. The van der Waals surface area contributed by atoms with E-state index in [0.717, 1.165) is 12.8 Å². The Morgan fingerprint density at radius 1 is 1.27 bits per heavy atom. The van der Waals surface area contributed by atoms with Crippen molar-refractivity contribution in [3.63, 3.8) is 0 Å². The van der Waals surface area contributed by atoms with Gasteiger partial charge in [0.15, 0.2) is 0 Å². The van der Waals surface area contributed by atoms with Crippen LogP contribution in [0.5, 0.6) is 0 Å². The lowest BCUT2D eigenvalue weighted by atomic mass is 10.2. The number of nitrogens with one attached hydrogen (secondary N) is 2. The second-order valence-corrected chi connectivity index (χ2v) is 4.82. The average molecular weight is 302 g/mol. The van der Waals surface area contributed by atoms with Crippen molar-refractivity contribution in [1.82, 2.24) is 15.3 Å². The first-order valence-corrected chi connectivity index (χ1v) is 7.29. The summed E-state index contributed by atoms with van der Waals surface area (Å²) in [5.74, 6) is -0.223. The number of nitrogens with zero attached hydrogens (tertiary/aromatic N) is 2. The van der Waals surface area contributed by atoms with Gasteiger partial charge in [0.2, 0.25) is 5.95 Å². The Bertz CT molecular complexity index is 633. The lowest BCUT2D eigenvalue weighted by Crippen LogP contribution is -2.25. The highest BCUT2D eigenvalue weighted by molar-refractivity contribution is 5.92. The van der Waals surface area contributed by atoms with Gasteiger partial charge in [0.1, 0.15) is 11.5 Å². The molecule has 0 aliphatic rings. The van der Waals surface area contributed by atoms with Crippen LogP contribution in [0.3, 0.4) is 0 Å². The lowest BCUT2D eigenvalue weighted by Gasteiger charge is -2.07. The zero-order valence-electron chi connectivity index (χ0n) is 12.5. The predicted molar refractivity (Wildman–Crippen MR) is 83.0 cm³/mol. The first-order chi connectivity index (χ1) is 10.7. The summed E-state index contributed by atoms with van der Waals surface area (Å²) < 4.78 is 13.5. The van der Waals surface area contributed by atoms with Crippen molar-refractivity contribution in [3.8, 4) is 0 Å². The van der Waals surface area contributed by atoms with E-state index in [1.54, 1.807) is 24.3 Å². The SMILES string of the molecule is CCCCNC(=O)c1ccnc(NCc2ccccc2F)n1. The molecule has 1 aromatic heterocycles. The summed E-state index contributed by atoms with van der Waals surface area (Å²) in [6.07, 6.45) is 3.44. The molecule has 0 bridgehead atoms. The van der Waals surface area contributed by atoms with Gasteiger partial charge in [-0.15, -0.1) is 0 Å². The molecule has 1 amide bonds. The molecule has 0 saturated heterocycles. The number of rotatable bonds is 7. The Morgan fingerprint density at radius 3 is 2.86 bits per heavy atom. The van der Waals surface area contributed by atoms with Crippen molar-refractivity contribution in [1.29, 1.82) is 0 Å². The molecule has 0 spiro atoms. The minimum Gasteiger partial charge on any atom is -0.351 e. The summed E-state index contributed by atoms with van der Waals surface area (Å²) in [4.78, 5) is 20.1. The quantitative estimate of drug-likeness (QED) is 0.772. The molecule has 5 nitrogen and oxygen atoms in total. The van der Waals surface area contributed by atoms with Crippen LogP contribution in [0.1, 0.15) is 35.8 Å². The summed E-state index contributed by atoms with van der Waals surface area (Å²) in [7, 11) is 0. The standard InChI is InChI=1S/C16H19FN4O/c1-2-3-9-18-15(22)14-8-10-19-16(21-14)20-11-12-6-4-5-7-13(12)17/h4-8,10H,2-3,9,11H2,1H3,(H,18,22)(H,19,20,21). The van der Waals surface area contributed by atoms with E-state index in [-0.39, 0.29) is 18.3 Å². The molecule has 2 rings (SSSR count). The Balaban J connectivity index is 1.96. The van der Waals surface area contributed by atoms with Gasteiger partial charge in [-0.3, -0.25) is 4.79 Å². The number of carbonyl (C=O) groups is 1. The van der Waals surface area contributed by atoms with E-state index >= 15 is 0 Å². The summed E-state index contributed by atoms with van der Waals surface area (Å²) in [6, 6.07) is 8.03. The summed E-state index contributed by atoms with van der Waals surface area (Å²) in [5, 5.41) is 5.72. The second-order valence-electron chi connectivity index (χ2n) is 4.82. The first kappa shape index (κ1) is 15.9. The maximum Gasteiger partial charge on any atom is 0.270 e. The number of aromatic nitrogens is 2. The molecular weight excluding hydrogens is 283 g/mol. The molecule has 0 fully saturated rings. The van der Waals surface area contributed by atoms with Gasteiger partial charge < -0.3 is 10.6 Å². The molecule has 1 heterocycles. The molecular formula is C16H19FN4O. The third-order valence-electron chi connectivity index (χ3n) is 3.10. The molecule has 2 aromatic rings. The molecule has 0 radical (unpaired) electrons. The molecule has 2 N–H and O–H groups in total. The Labute approximate surface area is 129 Å². The van der Waals surface area contributed by atoms with Crippen molar-refractivity contribution >= 4 is 11.9 Å². The molecule has 6 heteroatoms. The highest BCUT2D eigenvalue weighted by atomic mass is 19.1. The minimum atomic E-state index is -0.288. The van der Waals surface area contributed by atoms with Crippen LogP contribution in [-0.2, 0) is 6.54 Å². The summed E-state index contributed by atoms with van der Waals surface area (Å²) >= 11 is 0. The fourth-order valence-corrected chi connectivity index (χ4v) is 1.86. The van der Waals surface area contributed by atoms with Crippen molar-refractivity contribution in [2.75, 3.05) is 11.9 Å². The third kappa shape index (κ3) is 4.51. The number of hydrogen-bond donors (Lipinski definition) is 2. The third-order valence-corrected chi connectivity index (χ3v) is 3.10. The maximum atomic E-state index is 13.5. The molecule has 0 aliphatic heterocycles. The molecule has 0 aliphatic carbocycles. The van der Waals surface area contributed by atoms with E-state index in [2.05, 4.69) is 27.5 Å². The summed E-state index contributed by atoms with van der Waals surface area (Å²) in [6.45, 7) is 2.94. The van der Waals surface area contributed by atoms with E-state index in [1.165, 1.54) is 12.3 Å². The van der Waals surface area contributed by atoms with Gasteiger partial charge in [-0.05, 0) is 18.6 Å². The highest BCUT2D eigenvalue weighted by Crippen LogP contribution is 2.09. The van der Waals surface area contributed by atoms with Gasteiger partial charge in [-0.2, -0.15) is 0 Å². The van der Waals surface area contributed by atoms with Crippen LogP contribution in [0.25, 0.3) is 0 Å². The van der Waals surface area contributed by atoms with E-state index < -0.39 is 0 Å². The molecule has 0 unspecified atom stereocenters. The molecule has 0 saturated carbocycles. The van der Waals surface area contributed by atoms with Crippen LogP contribution in [-0.4, -0.2) is 22.4 Å². The van der Waals surface area contributed by atoms with Crippen LogP contribution >= 0.6 is 0 Å². The number of benzene rings is 1. The fraction of sp³-hybridized carbons (Fsp3) is 0.312. The lowest BCUT2D eigenvalue weighted by molar-refractivity contribution is 0.0948. The highest BCUT2D eigenvalue weighted by Gasteiger charge is 2.08. The molecule has 22 heavy (non-hydrogen) atoms. The number of carbonyl (C=O) groups excluding carboxylic acids is 1. The minimum absolute atomic E-state index is 0.232. The zero-order valence-corrected chi connectivity index (χ0v) is 12.5. The number of unbranched alkanes of at least 4 members (excludes halogenated alkanes) is 1. The zero-order chi connectivity index (χ0) is 15.8. The molecule has 1 aromatic carbocycles. The fourth-order valence-electron chi connectivity index (χ4n) is 1.86. The summed E-state index contributed by atoms with van der Waals surface area (Å²) in [5.41, 5.74) is 0.811. The van der Waals surface area contributed by atoms with Crippen LogP contribution in [0.15, 0.2) is 36.5 Å². The van der Waals surface area contributed by atoms with Gasteiger partial charge >= 0.3 is 0 Å². The number of hydrogen-bond acceptors (Lipinski definition) is 4. The topological polar surface area (TPSA) is 66.9 Å². The van der Waals surface area contributed by atoms with Gasteiger partial charge in [0.05, 0.1) is 0 Å². The van der Waals surface area contributed by atoms with Crippen molar-refractivity contribution in [2.45, 2.75) is 26.3 Å². The van der Waals surface area contributed by atoms with Crippen molar-refractivity contribution in [3.05, 3.63) is 53.6 Å². The molecule has 116 valence electrons. The van der Waals surface area contributed by atoms with E-state index in [9.17, 15) is 9.18 Å². The van der Waals surface area contributed by atoms with Crippen LogP contribution in [0, 0.1) is 5.82 Å². The number of amides is 1. The average Bonchev–Trinajstić information content (AvgIpc) is 2.54. The number of anilines is 1. The van der Waals surface area contributed by atoms with Crippen LogP contribution in [0.4, 0.5) is 10.3 Å². The monoisotopic (exact) mass is 302 g/mol. The van der Waals surface area contributed by atoms with Gasteiger partial charge in [0, 0.05) is 24.8 Å². The predicted octanol–water partition coefficient (Wildman–Crippen LogP) is 2.76. The van der Waals surface area contributed by atoms with E-state index in [0.29, 0.717) is 23.8 Å². The van der Waals surface area contributed by atoms with Gasteiger partial charge in [-0.1, -0.05) is 31.5 Å². The Morgan fingerprint density at radius 2 is 2.09 bits per heavy atom. The first-order valence-electron chi connectivity index (χ1n) is 7.29. The Hall–Kier alpha value is -2.50. The normalized spacial score (nSPS) is 10.3. The van der Waals surface area contributed by atoms with Crippen LogP contribution < -0.4 is 10.6 Å². The van der Waals surface area contributed by atoms with E-state index in [1.807, 2.05) is 0 Å². The smallest absolute Gasteiger partial charge is 0.270 e. The van der Waals surface area contributed by atoms with Gasteiger partial charge in [0.25, 0.3) is 5.91 Å². The van der Waals surface area contributed by atoms with Crippen molar-refractivity contribution in [2.24, 2.45) is 0 Å². The van der Waals surface area contributed by atoms with Gasteiger partial charge in [-0.25, -0.2) is 14.4 Å². The maximum absolute atomic E-state index is 13.5. The number of halogens is 1. The van der Waals surface area contributed by atoms with E-state index in [4.69, 9.17) is 0 Å². The van der Waals surface area contributed by atoms with Crippen LogP contribution in [0.2, 0.25) is 0 Å². The van der Waals surface area contributed by atoms with Crippen molar-refractivity contribution < 1.29 is 9.18 Å². The second kappa shape index (κ2) is 8.07. The molecule has 0 atom stereocenters. The largest absolute Gasteiger partial charge is 0.351 e.